The fourth-order valence-electron chi connectivity index (χ4n) is 0.909. The number of hydrogen-bond acceptors (Lipinski definition) is 2. The van der Waals surface area contributed by atoms with Crippen LogP contribution >= 0.6 is 11.6 Å². The maximum Gasteiger partial charge on any atom is 0.319 e. The smallest absolute Gasteiger partial charge is 0.319 e. The lowest BCUT2D eigenvalue weighted by Crippen LogP contribution is -2.36. The summed E-state index contributed by atoms with van der Waals surface area (Å²) in [6, 6.07) is 6.15. The number of anilines is 1. The van der Waals surface area contributed by atoms with Crippen molar-refractivity contribution < 1.29 is 9.59 Å². The summed E-state index contributed by atoms with van der Waals surface area (Å²) in [5.41, 5.74) is 5.40. The molecule has 3 amide bonds. The number of carbonyl (C=O) groups excluding carboxylic acids is 2. The first-order valence-electron chi connectivity index (χ1n) is 4.16. The van der Waals surface area contributed by atoms with Crippen molar-refractivity contribution in [3.8, 4) is 0 Å². The summed E-state index contributed by atoms with van der Waals surface area (Å²) in [6.45, 7) is -0.202. The summed E-state index contributed by atoms with van der Waals surface area (Å²) < 4.78 is 0. The standard InChI is InChI=1S/C9H10ClN3O2/c10-6-2-1-3-7(4-6)13-9(15)12-5-8(11)14/h1-4H,5H2,(H2,11,14)(H2,12,13,15). The van der Waals surface area contributed by atoms with Gasteiger partial charge in [0.2, 0.25) is 5.91 Å². The minimum Gasteiger partial charge on any atom is -0.368 e. The number of amides is 3. The SMILES string of the molecule is NC(=O)CNC(=O)Nc1cccc(Cl)c1. The quantitative estimate of drug-likeness (QED) is 0.718. The molecule has 1 aromatic carbocycles. The summed E-state index contributed by atoms with van der Waals surface area (Å²) in [5.74, 6) is -0.601. The average molecular weight is 228 g/mol. The Balaban J connectivity index is 2.48. The molecule has 0 aliphatic rings. The number of primary amides is 1. The van der Waals surface area contributed by atoms with E-state index in [-0.39, 0.29) is 6.54 Å². The van der Waals surface area contributed by atoms with E-state index in [1.165, 1.54) is 0 Å². The lowest BCUT2D eigenvalue weighted by atomic mass is 10.3. The molecule has 4 N–H and O–H groups in total. The molecule has 0 saturated carbocycles. The summed E-state index contributed by atoms with van der Waals surface area (Å²) >= 11 is 5.71. The third-order valence-corrected chi connectivity index (χ3v) is 1.74. The second-order valence-electron chi connectivity index (χ2n) is 2.78. The van der Waals surface area contributed by atoms with Crippen molar-refractivity contribution in [2.24, 2.45) is 5.73 Å². The zero-order chi connectivity index (χ0) is 11.3. The van der Waals surface area contributed by atoms with Crippen molar-refractivity contribution >= 4 is 29.2 Å². The van der Waals surface area contributed by atoms with Crippen LogP contribution in [0.5, 0.6) is 0 Å². The zero-order valence-corrected chi connectivity index (χ0v) is 8.54. The summed E-state index contributed by atoms with van der Waals surface area (Å²) in [5, 5.41) is 5.29. The van der Waals surface area contributed by atoms with Gasteiger partial charge in [-0.3, -0.25) is 4.79 Å². The number of urea groups is 1. The molecule has 0 fully saturated rings. The Kier molecular flexibility index (Phi) is 3.93. The largest absolute Gasteiger partial charge is 0.368 e. The maximum atomic E-state index is 11.2. The first kappa shape index (κ1) is 11.3. The number of rotatable bonds is 3. The van der Waals surface area contributed by atoms with E-state index in [0.29, 0.717) is 10.7 Å². The number of benzene rings is 1. The van der Waals surface area contributed by atoms with Gasteiger partial charge in [0.1, 0.15) is 0 Å². The number of nitrogens with two attached hydrogens (primary N) is 1. The molecule has 0 bridgehead atoms. The van der Waals surface area contributed by atoms with Crippen LogP contribution in [0.2, 0.25) is 5.02 Å². The molecule has 80 valence electrons. The van der Waals surface area contributed by atoms with Crippen LogP contribution in [0.4, 0.5) is 10.5 Å². The molecular formula is C9H10ClN3O2. The van der Waals surface area contributed by atoms with Crippen molar-refractivity contribution in [1.82, 2.24) is 5.32 Å². The van der Waals surface area contributed by atoms with E-state index in [2.05, 4.69) is 10.6 Å². The number of carbonyl (C=O) groups is 2. The highest BCUT2D eigenvalue weighted by Gasteiger charge is 2.02. The lowest BCUT2D eigenvalue weighted by Gasteiger charge is -2.05. The molecule has 0 aliphatic carbocycles. The highest BCUT2D eigenvalue weighted by molar-refractivity contribution is 6.30. The Hall–Kier alpha value is -1.75. The van der Waals surface area contributed by atoms with Crippen molar-refractivity contribution in [2.45, 2.75) is 0 Å². The van der Waals surface area contributed by atoms with Crippen molar-refractivity contribution in [2.75, 3.05) is 11.9 Å². The molecule has 0 radical (unpaired) electrons. The van der Waals surface area contributed by atoms with Crippen LogP contribution in [-0.4, -0.2) is 18.5 Å². The van der Waals surface area contributed by atoms with E-state index in [1.54, 1.807) is 24.3 Å². The van der Waals surface area contributed by atoms with Gasteiger partial charge in [0.25, 0.3) is 0 Å². The first-order valence-corrected chi connectivity index (χ1v) is 4.54. The predicted octanol–water partition coefficient (Wildman–Crippen LogP) is 0.947. The summed E-state index contributed by atoms with van der Waals surface area (Å²) in [4.78, 5) is 21.5. The van der Waals surface area contributed by atoms with Crippen molar-refractivity contribution in [1.29, 1.82) is 0 Å². The van der Waals surface area contributed by atoms with Crippen LogP contribution < -0.4 is 16.4 Å². The highest BCUT2D eigenvalue weighted by atomic mass is 35.5. The molecule has 0 unspecified atom stereocenters. The molecule has 0 heterocycles. The predicted molar refractivity (Wildman–Crippen MR) is 57.7 cm³/mol. The van der Waals surface area contributed by atoms with Crippen LogP contribution in [-0.2, 0) is 4.79 Å². The molecule has 0 aromatic heterocycles. The van der Waals surface area contributed by atoms with Crippen LogP contribution in [0.1, 0.15) is 0 Å². The normalized spacial score (nSPS) is 9.40. The minimum absolute atomic E-state index is 0.202. The van der Waals surface area contributed by atoms with Crippen LogP contribution in [0, 0.1) is 0 Å². The second-order valence-corrected chi connectivity index (χ2v) is 3.22. The number of nitrogens with one attached hydrogen (secondary N) is 2. The fraction of sp³-hybridized carbons (Fsp3) is 0.111. The van der Waals surface area contributed by atoms with Crippen molar-refractivity contribution in [3.05, 3.63) is 29.3 Å². The van der Waals surface area contributed by atoms with Crippen LogP contribution in [0.15, 0.2) is 24.3 Å². The van der Waals surface area contributed by atoms with E-state index in [4.69, 9.17) is 17.3 Å². The Labute approximate surface area is 91.6 Å². The van der Waals surface area contributed by atoms with Gasteiger partial charge in [-0.2, -0.15) is 0 Å². The Bertz CT molecular complexity index is 381. The van der Waals surface area contributed by atoms with Gasteiger partial charge in [-0.15, -0.1) is 0 Å². The minimum atomic E-state index is -0.601. The monoisotopic (exact) mass is 227 g/mol. The van der Waals surface area contributed by atoms with E-state index in [9.17, 15) is 9.59 Å². The third-order valence-electron chi connectivity index (χ3n) is 1.51. The van der Waals surface area contributed by atoms with Gasteiger partial charge in [0.05, 0.1) is 6.54 Å². The molecule has 0 atom stereocenters. The molecule has 1 rings (SSSR count). The van der Waals surface area contributed by atoms with Gasteiger partial charge >= 0.3 is 6.03 Å². The summed E-state index contributed by atoms with van der Waals surface area (Å²) in [7, 11) is 0. The molecule has 0 aliphatic heterocycles. The lowest BCUT2D eigenvalue weighted by molar-refractivity contribution is -0.117. The fourth-order valence-corrected chi connectivity index (χ4v) is 1.10. The molecule has 0 spiro atoms. The van der Waals surface area contributed by atoms with Gasteiger partial charge in [0.15, 0.2) is 0 Å². The second kappa shape index (κ2) is 5.21. The Morgan fingerprint density at radius 3 is 2.73 bits per heavy atom. The molecule has 6 heteroatoms. The van der Waals surface area contributed by atoms with Gasteiger partial charge in [-0.05, 0) is 18.2 Å². The van der Waals surface area contributed by atoms with E-state index >= 15 is 0 Å². The molecule has 0 saturated heterocycles. The molecular weight excluding hydrogens is 218 g/mol. The zero-order valence-electron chi connectivity index (χ0n) is 7.79. The van der Waals surface area contributed by atoms with E-state index in [0.717, 1.165) is 0 Å². The van der Waals surface area contributed by atoms with Gasteiger partial charge < -0.3 is 16.4 Å². The molecule has 5 nitrogen and oxygen atoms in total. The van der Waals surface area contributed by atoms with Gasteiger partial charge in [0, 0.05) is 10.7 Å². The highest BCUT2D eigenvalue weighted by Crippen LogP contribution is 2.14. The van der Waals surface area contributed by atoms with Crippen LogP contribution in [0.3, 0.4) is 0 Å². The molecule has 1 aromatic rings. The number of halogens is 1. The average Bonchev–Trinajstić information content (AvgIpc) is 2.15. The van der Waals surface area contributed by atoms with E-state index in [1.807, 2.05) is 0 Å². The molecule has 15 heavy (non-hydrogen) atoms. The first-order chi connectivity index (χ1) is 7.08. The third kappa shape index (κ3) is 4.33. The van der Waals surface area contributed by atoms with Gasteiger partial charge in [-0.1, -0.05) is 17.7 Å². The van der Waals surface area contributed by atoms with Gasteiger partial charge in [-0.25, -0.2) is 4.79 Å². The van der Waals surface area contributed by atoms with E-state index < -0.39 is 11.9 Å². The summed E-state index contributed by atoms with van der Waals surface area (Å²) in [6.07, 6.45) is 0. The maximum absolute atomic E-state index is 11.2. The van der Waals surface area contributed by atoms with Crippen molar-refractivity contribution in [3.63, 3.8) is 0 Å². The Morgan fingerprint density at radius 2 is 2.13 bits per heavy atom. The van der Waals surface area contributed by atoms with Crippen LogP contribution in [0.25, 0.3) is 0 Å². The Morgan fingerprint density at radius 1 is 1.40 bits per heavy atom. The number of hydrogen-bond donors (Lipinski definition) is 3. The topological polar surface area (TPSA) is 84.2 Å².